The van der Waals surface area contributed by atoms with Crippen LogP contribution in [0.25, 0.3) is 10.4 Å². The van der Waals surface area contributed by atoms with E-state index in [4.69, 9.17) is 17.3 Å². The number of nitrogen functional groups attached to an aromatic ring is 1. The van der Waals surface area contributed by atoms with Crippen molar-refractivity contribution in [1.82, 2.24) is 4.90 Å². The van der Waals surface area contributed by atoms with Crippen LogP contribution in [0.4, 0.5) is 9.39 Å². The minimum Gasteiger partial charge on any atom is -0.390 e. The molecule has 0 atom stereocenters. The van der Waals surface area contributed by atoms with E-state index in [1.54, 1.807) is 36.4 Å². The number of hydrogen-bond acceptors (Lipinski definition) is 4. The van der Waals surface area contributed by atoms with Gasteiger partial charge in [0.15, 0.2) is 5.78 Å². The van der Waals surface area contributed by atoms with Gasteiger partial charge in [-0.3, -0.25) is 9.69 Å². The van der Waals surface area contributed by atoms with Gasteiger partial charge in [0, 0.05) is 34.1 Å². The van der Waals surface area contributed by atoms with Crippen molar-refractivity contribution in [3.05, 3.63) is 76.1 Å². The van der Waals surface area contributed by atoms with Crippen molar-refractivity contribution < 1.29 is 9.18 Å². The molecule has 6 heteroatoms. The van der Waals surface area contributed by atoms with Crippen molar-refractivity contribution in [3.8, 4) is 10.4 Å². The molecule has 2 aliphatic rings. The lowest BCUT2D eigenvalue weighted by atomic mass is 9.87. The Hall–Kier alpha value is -2.21. The van der Waals surface area contributed by atoms with Gasteiger partial charge in [-0.25, -0.2) is 4.39 Å². The molecule has 2 fully saturated rings. The first kappa shape index (κ1) is 25.4. The molecule has 0 radical (unpaired) electrons. The lowest BCUT2D eigenvalue weighted by molar-refractivity contribution is 0.0728. The molecule has 0 unspecified atom stereocenters. The summed E-state index contributed by atoms with van der Waals surface area (Å²) in [6, 6.07) is 14.7. The van der Waals surface area contributed by atoms with Crippen LogP contribution in [0.1, 0.15) is 85.7 Å². The van der Waals surface area contributed by atoms with Crippen LogP contribution in [-0.4, -0.2) is 22.8 Å². The van der Waals surface area contributed by atoms with Crippen LogP contribution in [-0.2, 0) is 6.54 Å². The Morgan fingerprint density at radius 2 is 1.56 bits per heavy atom. The third kappa shape index (κ3) is 5.53. The number of nitrogens with two attached hydrogens (primary N) is 1. The molecule has 0 amide bonds. The highest BCUT2D eigenvalue weighted by Crippen LogP contribution is 2.42. The van der Waals surface area contributed by atoms with Gasteiger partial charge in [0.05, 0.1) is 10.6 Å². The molecular weight excluding hydrogens is 491 g/mol. The number of anilines is 1. The van der Waals surface area contributed by atoms with Gasteiger partial charge in [-0.15, -0.1) is 11.3 Å². The number of benzene rings is 2. The maximum absolute atomic E-state index is 14.3. The topological polar surface area (TPSA) is 46.3 Å². The predicted octanol–water partition coefficient (Wildman–Crippen LogP) is 8.49. The molecule has 0 bridgehead atoms. The zero-order valence-corrected chi connectivity index (χ0v) is 22.2. The van der Waals surface area contributed by atoms with Gasteiger partial charge in [0.25, 0.3) is 0 Å². The summed E-state index contributed by atoms with van der Waals surface area (Å²) in [7, 11) is 0. The maximum atomic E-state index is 14.3. The monoisotopic (exact) mass is 524 g/mol. The third-order valence-corrected chi connectivity index (χ3v) is 9.24. The fourth-order valence-electron chi connectivity index (χ4n) is 6.06. The van der Waals surface area contributed by atoms with Crippen LogP contribution in [0, 0.1) is 5.82 Å². The highest BCUT2D eigenvalue weighted by molar-refractivity contribution is 7.20. The third-order valence-electron chi connectivity index (χ3n) is 7.88. The van der Waals surface area contributed by atoms with Gasteiger partial charge in [-0.05, 0) is 73.2 Å². The number of halogens is 2. The van der Waals surface area contributed by atoms with E-state index >= 15 is 0 Å². The first-order chi connectivity index (χ1) is 17.5. The molecule has 2 N–H and O–H groups in total. The summed E-state index contributed by atoms with van der Waals surface area (Å²) in [5.74, 6) is -0.377. The van der Waals surface area contributed by atoms with E-state index in [0.717, 1.165) is 16.0 Å². The summed E-state index contributed by atoms with van der Waals surface area (Å²) in [6.45, 7) is 0.670. The highest BCUT2D eigenvalue weighted by atomic mass is 35.5. The number of ketones is 1. The van der Waals surface area contributed by atoms with Gasteiger partial charge >= 0.3 is 0 Å². The Bertz CT molecular complexity index is 1180. The maximum Gasteiger partial charge on any atom is 0.196 e. The molecule has 36 heavy (non-hydrogen) atoms. The van der Waals surface area contributed by atoms with E-state index in [2.05, 4.69) is 4.90 Å². The van der Waals surface area contributed by atoms with Crippen molar-refractivity contribution in [2.45, 2.75) is 82.8 Å². The summed E-state index contributed by atoms with van der Waals surface area (Å²) < 4.78 is 14.3. The van der Waals surface area contributed by atoms with Crippen molar-refractivity contribution >= 4 is 33.7 Å². The fourth-order valence-corrected chi connectivity index (χ4v) is 7.26. The second-order valence-corrected chi connectivity index (χ2v) is 11.7. The van der Waals surface area contributed by atoms with Gasteiger partial charge in [0.1, 0.15) is 5.82 Å². The largest absolute Gasteiger partial charge is 0.390 e. The van der Waals surface area contributed by atoms with Crippen LogP contribution in [0.3, 0.4) is 0 Å². The van der Waals surface area contributed by atoms with E-state index in [0.29, 0.717) is 39.8 Å². The summed E-state index contributed by atoms with van der Waals surface area (Å²) in [5.41, 5.74) is 9.44. The number of rotatable bonds is 7. The van der Waals surface area contributed by atoms with Crippen LogP contribution >= 0.6 is 22.9 Å². The van der Waals surface area contributed by atoms with Crippen LogP contribution in [0.2, 0.25) is 5.02 Å². The second-order valence-electron chi connectivity index (χ2n) is 10.3. The molecule has 1 heterocycles. The molecular formula is C30H34ClFN2OS. The normalized spacial score (nSPS) is 17.5. The quantitative estimate of drug-likeness (QED) is 0.315. The lowest BCUT2D eigenvalue weighted by Gasteiger charge is -2.42. The summed E-state index contributed by atoms with van der Waals surface area (Å²) >= 11 is 7.49. The minimum absolute atomic E-state index is 0.0923. The van der Waals surface area contributed by atoms with Crippen LogP contribution in [0.5, 0.6) is 0 Å². The minimum atomic E-state index is -0.285. The molecule has 0 aliphatic heterocycles. The first-order valence-electron chi connectivity index (χ1n) is 13.2. The molecule has 3 aromatic rings. The van der Waals surface area contributed by atoms with Gasteiger partial charge in [-0.1, -0.05) is 62.3 Å². The number of carbonyl (C=O) groups excluding carboxylic acids is 1. The van der Waals surface area contributed by atoms with Crippen molar-refractivity contribution in [1.29, 1.82) is 0 Å². The molecule has 190 valence electrons. The Morgan fingerprint density at radius 1 is 0.944 bits per heavy atom. The molecule has 0 saturated heterocycles. The summed E-state index contributed by atoms with van der Waals surface area (Å²) in [6.07, 6.45) is 12.4. The SMILES string of the molecule is Nc1sc(-c2cccc(F)c2)c(CN(C2CCCCC2)C2CCCCC2)c1C(=O)c1ccc(Cl)cc1. The number of hydrogen-bond donors (Lipinski definition) is 1. The predicted molar refractivity (Wildman–Crippen MR) is 148 cm³/mol. The zero-order chi connectivity index (χ0) is 25.1. The van der Waals surface area contributed by atoms with Gasteiger partial charge in [-0.2, -0.15) is 0 Å². The van der Waals surface area contributed by atoms with Crippen molar-refractivity contribution in [2.24, 2.45) is 0 Å². The summed E-state index contributed by atoms with van der Waals surface area (Å²) in [4.78, 5) is 17.4. The molecule has 2 aliphatic carbocycles. The Balaban J connectivity index is 1.60. The average Bonchev–Trinajstić information content (AvgIpc) is 3.24. The molecule has 3 nitrogen and oxygen atoms in total. The number of carbonyl (C=O) groups is 1. The van der Waals surface area contributed by atoms with E-state index in [9.17, 15) is 9.18 Å². The average molecular weight is 525 g/mol. The fraction of sp³-hybridized carbons (Fsp3) is 0.433. The van der Waals surface area contributed by atoms with E-state index in [1.807, 2.05) is 6.07 Å². The molecule has 1 aromatic heterocycles. The molecule has 2 aromatic carbocycles. The van der Waals surface area contributed by atoms with Gasteiger partial charge in [0.2, 0.25) is 0 Å². The highest BCUT2D eigenvalue weighted by Gasteiger charge is 2.32. The van der Waals surface area contributed by atoms with Gasteiger partial charge < -0.3 is 5.73 Å². The summed E-state index contributed by atoms with van der Waals surface area (Å²) in [5, 5.41) is 1.09. The number of nitrogens with zero attached hydrogens (tertiary/aromatic N) is 1. The molecule has 2 saturated carbocycles. The smallest absolute Gasteiger partial charge is 0.196 e. The van der Waals surface area contributed by atoms with Crippen LogP contribution < -0.4 is 5.73 Å². The van der Waals surface area contributed by atoms with E-state index in [1.165, 1.54) is 81.6 Å². The van der Waals surface area contributed by atoms with Crippen molar-refractivity contribution in [2.75, 3.05) is 5.73 Å². The van der Waals surface area contributed by atoms with Crippen LogP contribution in [0.15, 0.2) is 48.5 Å². The molecule has 5 rings (SSSR count). The molecule has 0 spiro atoms. The van der Waals surface area contributed by atoms with E-state index < -0.39 is 0 Å². The number of thiophene rings is 1. The first-order valence-corrected chi connectivity index (χ1v) is 14.4. The second kappa shape index (κ2) is 11.5. The lowest BCUT2D eigenvalue weighted by Crippen LogP contribution is -2.44. The zero-order valence-electron chi connectivity index (χ0n) is 20.6. The standard InChI is InChI=1S/C30H34ClFN2OS/c31-22-16-14-20(15-17-22)28(35)27-26(29(36-30(27)33)21-8-7-9-23(32)18-21)19-34(24-10-3-1-4-11-24)25-12-5-2-6-13-25/h7-9,14-18,24-25H,1-6,10-13,19,33H2. The van der Waals surface area contributed by atoms with Crippen molar-refractivity contribution in [3.63, 3.8) is 0 Å². The van der Waals surface area contributed by atoms with E-state index in [-0.39, 0.29) is 11.6 Å². The Morgan fingerprint density at radius 3 is 2.14 bits per heavy atom. The Kier molecular flexibility index (Phi) is 8.09. The Labute approximate surface area is 222 Å².